The first-order chi connectivity index (χ1) is 12.4. The van der Waals surface area contributed by atoms with Crippen molar-refractivity contribution in [3.05, 3.63) is 23.8 Å². The summed E-state index contributed by atoms with van der Waals surface area (Å²) in [7, 11) is 1.80. The lowest BCUT2D eigenvalue weighted by Crippen LogP contribution is -2.49. The Balaban J connectivity index is 1.57. The van der Waals surface area contributed by atoms with Crippen molar-refractivity contribution in [1.82, 2.24) is 9.80 Å². The highest BCUT2D eigenvalue weighted by atomic mass is 32.2. The molecule has 26 heavy (non-hydrogen) atoms. The van der Waals surface area contributed by atoms with Gasteiger partial charge in [-0.1, -0.05) is 6.07 Å². The van der Waals surface area contributed by atoms with Crippen LogP contribution in [0.15, 0.2) is 23.1 Å². The van der Waals surface area contributed by atoms with Gasteiger partial charge in [0.1, 0.15) is 6.54 Å². The van der Waals surface area contributed by atoms with Crippen molar-refractivity contribution < 1.29 is 14.4 Å². The van der Waals surface area contributed by atoms with Crippen LogP contribution in [0.25, 0.3) is 0 Å². The van der Waals surface area contributed by atoms with Gasteiger partial charge in [0.25, 0.3) is 0 Å². The summed E-state index contributed by atoms with van der Waals surface area (Å²) < 4.78 is 0. The maximum atomic E-state index is 13.1. The average Bonchev–Trinajstić information content (AvgIpc) is 2.93. The maximum absolute atomic E-state index is 13.1. The third-order valence-corrected chi connectivity index (χ3v) is 6.61. The van der Waals surface area contributed by atoms with Gasteiger partial charge in [0.15, 0.2) is 0 Å². The van der Waals surface area contributed by atoms with E-state index in [1.165, 1.54) is 11.8 Å². The van der Waals surface area contributed by atoms with E-state index in [9.17, 15) is 14.4 Å². The van der Waals surface area contributed by atoms with Crippen molar-refractivity contribution in [3.8, 4) is 0 Å². The van der Waals surface area contributed by atoms with Crippen LogP contribution in [0.3, 0.4) is 0 Å². The molecule has 2 bridgehead atoms. The van der Waals surface area contributed by atoms with Crippen molar-refractivity contribution in [2.24, 2.45) is 0 Å². The predicted molar refractivity (Wildman–Crippen MR) is 100 cm³/mol. The van der Waals surface area contributed by atoms with Crippen LogP contribution >= 0.6 is 11.8 Å². The number of thioether (sulfide) groups is 1. The molecule has 0 aliphatic carbocycles. The molecule has 0 unspecified atom stereocenters. The third kappa shape index (κ3) is 2.98. The van der Waals surface area contributed by atoms with Crippen LogP contribution in [-0.4, -0.2) is 65.5 Å². The summed E-state index contributed by atoms with van der Waals surface area (Å²) in [6.45, 7) is 2.66. The van der Waals surface area contributed by atoms with Crippen molar-refractivity contribution >= 4 is 35.2 Å². The van der Waals surface area contributed by atoms with Crippen molar-refractivity contribution in [2.75, 3.05) is 30.8 Å². The minimum atomic E-state index is -0.0487. The summed E-state index contributed by atoms with van der Waals surface area (Å²) in [6.07, 6.45) is 2.18. The zero-order valence-corrected chi connectivity index (χ0v) is 15.9. The molecule has 1 aromatic rings. The van der Waals surface area contributed by atoms with Gasteiger partial charge < -0.3 is 14.7 Å². The van der Waals surface area contributed by atoms with Crippen LogP contribution in [0, 0.1) is 6.92 Å². The first kappa shape index (κ1) is 17.4. The zero-order chi connectivity index (χ0) is 18.4. The summed E-state index contributed by atoms with van der Waals surface area (Å²) in [5.41, 5.74) is 1.96. The Bertz CT molecular complexity index is 781. The molecular formula is C19H23N3O3S. The van der Waals surface area contributed by atoms with Gasteiger partial charge in [-0.05, 0) is 37.5 Å². The van der Waals surface area contributed by atoms with Crippen LogP contribution in [0.2, 0.25) is 0 Å². The lowest BCUT2D eigenvalue weighted by atomic mass is 10.1. The Morgan fingerprint density at radius 3 is 2.77 bits per heavy atom. The molecule has 0 aromatic heterocycles. The fourth-order valence-corrected chi connectivity index (χ4v) is 5.26. The van der Waals surface area contributed by atoms with Crippen LogP contribution in [-0.2, 0) is 14.4 Å². The maximum Gasteiger partial charge on any atom is 0.243 e. The van der Waals surface area contributed by atoms with Gasteiger partial charge in [0.05, 0.1) is 11.4 Å². The molecule has 3 heterocycles. The van der Waals surface area contributed by atoms with E-state index in [1.54, 1.807) is 16.8 Å². The summed E-state index contributed by atoms with van der Waals surface area (Å²) in [5.74, 6) is 0.376. The van der Waals surface area contributed by atoms with Crippen molar-refractivity contribution in [1.29, 1.82) is 0 Å². The molecule has 4 rings (SSSR count). The minimum Gasteiger partial charge on any atom is -0.344 e. The van der Waals surface area contributed by atoms with Gasteiger partial charge in [-0.3, -0.25) is 14.4 Å². The molecule has 0 N–H and O–H groups in total. The predicted octanol–water partition coefficient (Wildman–Crippen LogP) is 1.66. The number of rotatable bonds is 2. The topological polar surface area (TPSA) is 60.9 Å². The number of hydrogen-bond donors (Lipinski definition) is 0. The minimum absolute atomic E-state index is 0.0308. The monoisotopic (exact) mass is 373 g/mol. The lowest BCUT2D eigenvalue weighted by molar-refractivity contribution is -0.133. The number of anilines is 1. The number of likely N-dealkylation sites (tertiary alicyclic amines) is 1. The number of fused-ring (bicyclic) bond motifs is 3. The molecule has 1 aromatic carbocycles. The number of amides is 3. The molecule has 138 valence electrons. The standard InChI is InChI=1S/C19H23N3O3S/c1-12-3-6-15-16(7-12)26-11-19(25)21(15)10-18(24)22-13-4-5-14(22)9-20(2)17(23)8-13/h3,6-7,13-14H,4-5,8-11H2,1-2H3/t13-,14+/m1/s1. The Hall–Kier alpha value is -2.02. The summed E-state index contributed by atoms with van der Waals surface area (Å²) >= 11 is 1.53. The van der Waals surface area contributed by atoms with Gasteiger partial charge in [0.2, 0.25) is 17.7 Å². The molecule has 3 aliphatic rings. The first-order valence-electron chi connectivity index (χ1n) is 9.03. The Morgan fingerprint density at radius 1 is 1.19 bits per heavy atom. The van der Waals surface area contributed by atoms with E-state index >= 15 is 0 Å². The normalized spacial score (nSPS) is 25.4. The third-order valence-electron chi connectivity index (χ3n) is 5.58. The largest absolute Gasteiger partial charge is 0.344 e. The Morgan fingerprint density at radius 2 is 1.96 bits per heavy atom. The van der Waals surface area contributed by atoms with Gasteiger partial charge in [-0.2, -0.15) is 0 Å². The second-order valence-corrected chi connectivity index (χ2v) is 8.42. The van der Waals surface area contributed by atoms with E-state index < -0.39 is 0 Å². The van der Waals surface area contributed by atoms with Crippen LogP contribution in [0.5, 0.6) is 0 Å². The first-order valence-corrected chi connectivity index (χ1v) is 10.0. The van der Waals surface area contributed by atoms with E-state index in [1.807, 2.05) is 24.0 Å². The fraction of sp³-hybridized carbons (Fsp3) is 0.526. The van der Waals surface area contributed by atoms with E-state index in [2.05, 4.69) is 6.07 Å². The SMILES string of the molecule is Cc1ccc2c(c1)SCC(=O)N2CC(=O)N1[C@@H]2CC[C@H]1CN(C)C(=O)C2. The quantitative estimate of drug-likeness (QED) is 0.791. The second-order valence-electron chi connectivity index (χ2n) is 7.40. The molecule has 2 saturated heterocycles. The number of benzene rings is 1. The summed E-state index contributed by atoms with van der Waals surface area (Å²) in [4.78, 5) is 44.0. The van der Waals surface area contributed by atoms with Crippen LogP contribution < -0.4 is 4.90 Å². The van der Waals surface area contributed by atoms with Crippen molar-refractivity contribution in [2.45, 2.75) is 43.2 Å². The molecular weight excluding hydrogens is 350 g/mol. The second kappa shape index (κ2) is 6.61. The average molecular weight is 373 g/mol. The van der Waals surface area contributed by atoms with E-state index in [0.29, 0.717) is 18.7 Å². The highest BCUT2D eigenvalue weighted by molar-refractivity contribution is 8.00. The van der Waals surface area contributed by atoms with Gasteiger partial charge in [-0.25, -0.2) is 0 Å². The molecule has 0 radical (unpaired) electrons. The highest BCUT2D eigenvalue weighted by Crippen LogP contribution is 2.37. The fourth-order valence-electron chi connectivity index (χ4n) is 4.23. The van der Waals surface area contributed by atoms with Crippen molar-refractivity contribution in [3.63, 3.8) is 0 Å². The van der Waals surface area contributed by atoms with Gasteiger partial charge in [0, 0.05) is 37.0 Å². The van der Waals surface area contributed by atoms with E-state index in [0.717, 1.165) is 29.0 Å². The Kier molecular flexibility index (Phi) is 4.42. The zero-order valence-electron chi connectivity index (χ0n) is 15.1. The molecule has 2 fully saturated rings. The highest BCUT2D eigenvalue weighted by Gasteiger charge is 2.42. The number of likely N-dealkylation sites (N-methyl/N-ethyl adjacent to an activating group) is 1. The van der Waals surface area contributed by atoms with E-state index in [-0.39, 0.29) is 36.3 Å². The molecule has 7 heteroatoms. The molecule has 0 spiro atoms. The number of hydrogen-bond acceptors (Lipinski definition) is 4. The summed E-state index contributed by atoms with van der Waals surface area (Å²) in [6, 6.07) is 6.00. The van der Waals surface area contributed by atoms with Gasteiger partial charge in [-0.15, -0.1) is 11.8 Å². The Labute approximate surface area is 157 Å². The molecule has 3 amide bonds. The molecule has 0 saturated carbocycles. The number of carbonyl (C=O) groups is 3. The lowest BCUT2D eigenvalue weighted by Gasteiger charge is -2.33. The molecule has 3 aliphatic heterocycles. The summed E-state index contributed by atoms with van der Waals surface area (Å²) in [5, 5.41) is 0. The van der Waals surface area contributed by atoms with Crippen LogP contribution in [0.1, 0.15) is 24.8 Å². The smallest absolute Gasteiger partial charge is 0.243 e. The number of aryl methyl sites for hydroxylation is 1. The molecule has 2 atom stereocenters. The number of carbonyl (C=O) groups excluding carboxylic acids is 3. The van der Waals surface area contributed by atoms with E-state index in [4.69, 9.17) is 0 Å². The molecule has 6 nitrogen and oxygen atoms in total. The van der Waals surface area contributed by atoms with Gasteiger partial charge >= 0.3 is 0 Å². The number of nitrogens with zero attached hydrogens (tertiary/aromatic N) is 3. The van der Waals surface area contributed by atoms with Crippen LogP contribution in [0.4, 0.5) is 5.69 Å².